The first-order chi connectivity index (χ1) is 8.72. The molecule has 0 unspecified atom stereocenters. The van der Waals surface area contributed by atoms with E-state index in [-0.39, 0.29) is 0 Å². The van der Waals surface area contributed by atoms with E-state index >= 15 is 0 Å². The van der Waals surface area contributed by atoms with E-state index in [4.69, 9.17) is 9.84 Å². The molecule has 0 saturated heterocycles. The van der Waals surface area contributed by atoms with Gasteiger partial charge < -0.3 is 15.2 Å². The van der Waals surface area contributed by atoms with E-state index in [2.05, 4.69) is 5.32 Å². The number of rotatable bonds is 7. The van der Waals surface area contributed by atoms with Gasteiger partial charge in [0.2, 0.25) is 5.83 Å². The SMILES string of the molecule is CC(C)(C)OC(=O)NCCCCC/C=C(\F)C(=O)O. The third kappa shape index (κ3) is 11.2. The second-order valence-electron chi connectivity index (χ2n) is 5.14. The molecule has 0 aliphatic heterocycles. The predicted molar refractivity (Wildman–Crippen MR) is 69.5 cm³/mol. The molecular formula is C13H22FNO4. The maximum absolute atomic E-state index is 12.6. The molecule has 0 aromatic rings. The van der Waals surface area contributed by atoms with Crippen molar-refractivity contribution in [3.63, 3.8) is 0 Å². The minimum Gasteiger partial charge on any atom is -0.476 e. The predicted octanol–water partition coefficient (Wildman–Crippen LogP) is 3.01. The van der Waals surface area contributed by atoms with Crippen molar-refractivity contribution in [1.82, 2.24) is 5.32 Å². The molecular weight excluding hydrogens is 253 g/mol. The van der Waals surface area contributed by atoms with Crippen LogP contribution < -0.4 is 5.32 Å². The Morgan fingerprint density at radius 3 is 2.42 bits per heavy atom. The molecule has 0 aliphatic rings. The topological polar surface area (TPSA) is 75.6 Å². The van der Waals surface area contributed by atoms with Crippen LogP contribution in [0.4, 0.5) is 9.18 Å². The molecule has 0 aromatic carbocycles. The van der Waals surface area contributed by atoms with Gasteiger partial charge in [0.25, 0.3) is 0 Å². The molecule has 1 amide bonds. The van der Waals surface area contributed by atoms with Crippen molar-refractivity contribution in [3.05, 3.63) is 11.9 Å². The van der Waals surface area contributed by atoms with Gasteiger partial charge in [0.1, 0.15) is 5.60 Å². The van der Waals surface area contributed by atoms with Crippen LogP contribution in [0, 0.1) is 0 Å². The number of carboxylic acids is 1. The summed E-state index contributed by atoms with van der Waals surface area (Å²) in [7, 11) is 0. The summed E-state index contributed by atoms with van der Waals surface area (Å²) in [5, 5.41) is 10.9. The normalized spacial score (nSPS) is 12.1. The quantitative estimate of drug-likeness (QED) is 0.553. The fourth-order valence-electron chi connectivity index (χ4n) is 1.27. The van der Waals surface area contributed by atoms with Gasteiger partial charge in [-0.1, -0.05) is 6.42 Å². The number of carbonyl (C=O) groups is 2. The van der Waals surface area contributed by atoms with Crippen LogP contribution in [0.15, 0.2) is 11.9 Å². The second-order valence-corrected chi connectivity index (χ2v) is 5.14. The zero-order chi connectivity index (χ0) is 14.9. The number of allylic oxidation sites excluding steroid dienone is 1. The van der Waals surface area contributed by atoms with Crippen LogP contribution >= 0.6 is 0 Å². The summed E-state index contributed by atoms with van der Waals surface area (Å²) in [6.45, 7) is 5.85. The monoisotopic (exact) mass is 275 g/mol. The Hall–Kier alpha value is -1.59. The Bertz CT molecular complexity index is 334. The molecule has 5 nitrogen and oxygen atoms in total. The highest BCUT2D eigenvalue weighted by Crippen LogP contribution is 2.07. The number of carboxylic acid groups (broad SMARTS) is 1. The molecule has 110 valence electrons. The lowest BCUT2D eigenvalue weighted by atomic mass is 10.2. The molecule has 2 N–H and O–H groups in total. The Morgan fingerprint density at radius 2 is 1.89 bits per heavy atom. The van der Waals surface area contributed by atoms with E-state index in [0.29, 0.717) is 19.4 Å². The number of hydrogen-bond donors (Lipinski definition) is 2. The van der Waals surface area contributed by atoms with E-state index in [9.17, 15) is 14.0 Å². The van der Waals surface area contributed by atoms with Gasteiger partial charge in [0.15, 0.2) is 0 Å². The van der Waals surface area contributed by atoms with Crippen molar-refractivity contribution in [2.45, 2.75) is 52.1 Å². The Kier molecular flexibility index (Phi) is 7.79. The van der Waals surface area contributed by atoms with E-state index < -0.39 is 23.5 Å². The summed E-state index contributed by atoms with van der Waals surface area (Å²) in [5.74, 6) is -2.65. The zero-order valence-corrected chi connectivity index (χ0v) is 11.7. The number of aliphatic carboxylic acids is 1. The first-order valence-electron chi connectivity index (χ1n) is 6.28. The van der Waals surface area contributed by atoms with Crippen molar-refractivity contribution < 1.29 is 23.8 Å². The smallest absolute Gasteiger partial charge is 0.407 e. The highest BCUT2D eigenvalue weighted by molar-refractivity contribution is 5.83. The van der Waals surface area contributed by atoms with Crippen molar-refractivity contribution in [3.8, 4) is 0 Å². The van der Waals surface area contributed by atoms with Gasteiger partial charge in [-0.15, -0.1) is 0 Å². The summed E-state index contributed by atoms with van der Waals surface area (Å²) in [6, 6.07) is 0. The molecule has 0 heterocycles. The molecule has 0 aliphatic carbocycles. The Balaban J connectivity index is 3.54. The minimum atomic E-state index is -1.54. The van der Waals surface area contributed by atoms with Gasteiger partial charge in [-0.25, -0.2) is 9.59 Å². The van der Waals surface area contributed by atoms with Gasteiger partial charge in [-0.05, 0) is 46.1 Å². The van der Waals surface area contributed by atoms with E-state index in [0.717, 1.165) is 18.9 Å². The van der Waals surface area contributed by atoms with Crippen LogP contribution in [0.1, 0.15) is 46.5 Å². The molecule has 0 atom stereocenters. The van der Waals surface area contributed by atoms with Gasteiger partial charge >= 0.3 is 12.1 Å². The van der Waals surface area contributed by atoms with Gasteiger partial charge in [0.05, 0.1) is 0 Å². The number of nitrogens with one attached hydrogen (secondary N) is 1. The molecule has 6 heteroatoms. The van der Waals surface area contributed by atoms with Crippen molar-refractivity contribution in [2.75, 3.05) is 6.54 Å². The lowest BCUT2D eigenvalue weighted by Crippen LogP contribution is -2.32. The van der Waals surface area contributed by atoms with Crippen molar-refractivity contribution in [2.24, 2.45) is 0 Å². The van der Waals surface area contributed by atoms with Crippen LogP contribution in [0.5, 0.6) is 0 Å². The summed E-state index contributed by atoms with van der Waals surface area (Å²) >= 11 is 0. The molecule has 0 radical (unpaired) electrons. The number of hydrogen-bond acceptors (Lipinski definition) is 3. The van der Waals surface area contributed by atoms with E-state index in [1.54, 1.807) is 20.8 Å². The second kappa shape index (κ2) is 8.50. The van der Waals surface area contributed by atoms with Crippen LogP contribution in [-0.2, 0) is 9.53 Å². The average molecular weight is 275 g/mol. The maximum Gasteiger partial charge on any atom is 0.407 e. The van der Waals surface area contributed by atoms with Gasteiger partial charge in [-0.3, -0.25) is 0 Å². The fourth-order valence-corrected chi connectivity index (χ4v) is 1.27. The van der Waals surface area contributed by atoms with Crippen LogP contribution in [0.25, 0.3) is 0 Å². The molecule has 19 heavy (non-hydrogen) atoms. The lowest BCUT2D eigenvalue weighted by Gasteiger charge is -2.19. The maximum atomic E-state index is 12.6. The Labute approximate surface area is 112 Å². The summed E-state index contributed by atoms with van der Waals surface area (Å²) < 4.78 is 17.6. The molecule has 0 bridgehead atoms. The first kappa shape index (κ1) is 17.4. The number of alkyl carbamates (subject to hydrolysis) is 1. The average Bonchev–Trinajstić information content (AvgIpc) is 2.24. The lowest BCUT2D eigenvalue weighted by molar-refractivity contribution is -0.134. The third-order valence-electron chi connectivity index (χ3n) is 2.08. The number of carbonyl (C=O) groups excluding carboxylic acids is 1. The number of amides is 1. The third-order valence-corrected chi connectivity index (χ3v) is 2.08. The van der Waals surface area contributed by atoms with Crippen LogP contribution in [-0.4, -0.2) is 29.3 Å². The number of ether oxygens (including phenoxy) is 1. The highest BCUT2D eigenvalue weighted by Gasteiger charge is 2.15. The summed E-state index contributed by atoms with van der Waals surface area (Å²) in [5.41, 5.74) is -0.511. The molecule has 0 rings (SSSR count). The first-order valence-corrected chi connectivity index (χ1v) is 6.28. The Morgan fingerprint density at radius 1 is 1.26 bits per heavy atom. The largest absolute Gasteiger partial charge is 0.476 e. The molecule has 0 saturated carbocycles. The minimum absolute atomic E-state index is 0.380. The van der Waals surface area contributed by atoms with Crippen molar-refractivity contribution in [1.29, 1.82) is 0 Å². The summed E-state index contributed by atoms with van der Waals surface area (Å²) in [4.78, 5) is 21.4. The van der Waals surface area contributed by atoms with E-state index in [1.165, 1.54) is 0 Å². The van der Waals surface area contributed by atoms with E-state index in [1.807, 2.05) is 0 Å². The summed E-state index contributed by atoms with van der Waals surface area (Å²) in [6.07, 6.45) is 3.18. The standard InChI is InChI=1S/C13H22FNO4/c1-13(2,3)19-12(18)15-9-7-5-4-6-8-10(14)11(16)17/h8H,4-7,9H2,1-3H3,(H,15,18)(H,16,17)/b10-8-. The van der Waals surface area contributed by atoms with Crippen LogP contribution in [0.2, 0.25) is 0 Å². The molecule has 0 aromatic heterocycles. The van der Waals surface area contributed by atoms with Gasteiger partial charge in [0, 0.05) is 6.54 Å². The zero-order valence-electron chi connectivity index (χ0n) is 11.7. The van der Waals surface area contributed by atoms with Crippen LogP contribution in [0.3, 0.4) is 0 Å². The fraction of sp³-hybridized carbons (Fsp3) is 0.692. The molecule has 0 fully saturated rings. The molecule has 0 spiro atoms. The number of halogens is 1. The van der Waals surface area contributed by atoms with Gasteiger partial charge in [-0.2, -0.15) is 4.39 Å². The number of unbranched alkanes of at least 4 members (excludes halogenated alkanes) is 3. The highest BCUT2D eigenvalue weighted by atomic mass is 19.1. The van der Waals surface area contributed by atoms with Crippen molar-refractivity contribution >= 4 is 12.1 Å².